The number of hydrogen-bond acceptors (Lipinski definition) is 5. The van der Waals surface area contributed by atoms with Gasteiger partial charge in [0.1, 0.15) is 17.7 Å². The zero-order valence-corrected chi connectivity index (χ0v) is 16.0. The highest BCUT2D eigenvalue weighted by atomic mass is 16.1. The Kier molecular flexibility index (Phi) is 4.63. The van der Waals surface area contributed by atoms with E-state index in [4.69, 9.17) is 5.10 Å². The maximum absolute atomic E-state index is 12.5. The Morgan fingerprint density at radius 3 is 2.93 bits per heavy atom. The van der Waals surface area contributed by atoms with Crippen LogP contribution in [0.15, 0.2) is 12.7 Å². The Morgan fingerprint density at radius 2 is 2.15 bits per heavy atom. The van der Waals surface area contributed by atoms with Gasteiger partial charge in [-0.15, -0.1) is 0 Å². The molecule has 1 aliphatic rings. The molecule has 27 heavy (non-hydrogen) atoms. The van der Waals surface area contributed by atoms with Crippen molar-refractivity contribution in [3.05, 3.63) is 23.9 Å². The van der Waals surface area contributed by atoms with Gasteiger partial charge in [-0.05, 0) is 19.3 Å². The van der Waals surface area contributed by atoms with Crippen LogP contribution in [0.3, 0.4) is 0 Å². The van der Waals surface area contributed by atoms with Gasteiger partial charge < -0.3 is 10.3 Å². The molecule has 1 aliphatic heterocycles. The van der Waals surface area contributed by atoms with Crippen LogP contribution in [-0.4, -0.2) is 35.6 Å². The number of aromatic nitrogens is 6. The highest BCUT2D eigenvalue weighted by Gasteiger charge is 2.36. The molecular weight excluding hydrogens is 342 g/mol. The molecule has 4 rings (SSSR count). The SMILES string of the molecule is CCCC[C@H](CC)[C@@H]1CC(=O)Nc2c1c(C)nn2-c1ncnc2nc[nH]c12. The summed E-state index contributed by atoms with van der Waals surface area (Å²) in [7, 11) is 0. The zero-order valence-electron chi connectivity index (χ0n) is 16.0. The highest BCUT2D eigenvalue weighted by Crippen LogP contribution is 2.43. The maximum atomic E-state index is 12.5. The van der Waals surface area contributed by atoms with Gasteiger partial charge in [0, 0.05) is 17.9 Å². The van der Waals surface area contributed by atoms with Crippen molar-refractivity contribution in [2.45, 2.75) is 58.8 Å². The molecule has 0 aromatic carbocycles. The smallest absolute Gasteiger partial charge is 0.226 e. The molecule has 0 unspecified atom stereocenters. The average Bonchev–Trinajstić information content (AvgIpc) is 3.26. The van der Waals surface area contributed by atoms with Crippen LogP contribution in [0.25, 0.3) is 17.0 Å². The van der Waals surface area contributed by atoms with Crippen LogP contribution >= 0.6 is 0 Å². The van der Waals surface area contributed by atoms with Gasteiger partial charge in [0.25, 0.3) is 0 Å². The number of anilines is 1. The highest BCUT2D eigenvalue weighted by molar-refractivity contribution is 5.95. The summed E-state index contributed by atoms with van der Waals surface area (Å²) in [5, 5.41) is 7.77. The van der Waals surface area contributed by atoms with Crippen LogP contribution in [-0.2, 0) is 4.79 Å². The lowest BCUT2D eigenvalue weighted by Gasteiger charge is -2.30. The van der Waals surface area contributed by atoms with E-state index in [1.54, 1.807) is 11.0 Å². The second kappa shape index (κ2) is 7.09. The molecule has 0 bridgehead atoms. The quantitative estimate of drug-likeness (QED) is 0.694. The molecule has 8 heteroatoms. The molecule has 0 fully saturated rings. The fourth-order valence-corrected chi connectivity index (χ4v) is 4.21. The van der Waals surface area contributed by atoms with Crippen molar-refractivity contribution in [1.29, 1.82) is 0 Å². The summed E-state index contributed by atoms with van der Waals surface area (Å²) in [6.45, 7) is 6.43. The number of nitrogens with zero attached hydrogens (tertiary/aromatic N) is 5. The third-order valence-electron chi connectivity index (χ3n) is 5.57. The Balaban J connectivity index is 1.83. The van der Waals surface area contributed by atoms with Crippen molar-refractivity contribution in [2.75, 3.05) is 5.32 Å². The maximum Gasteiger partial charge on any atom is 0.226 e. The van der Waals surface area contributed by atoms with Crippen molar-refractivity contribution in [1.82, 2.24) is 29.7 Å². The summed E-state index contributed by atoms with van der Waals surface area (Å²) >= 11 is 0. The number of aryl methyl sites for hydroxylation is 1. The predicted molar refractivity (Wildman–Crippen MR) is 103 cm³/mol. The van der Waals surface area contributed by atoms with E-state index in [1.165, 1.54) is 19.2 Å². The molecule has 8 nitrogen and oxygen atoms in total. The van der Waals surface area contributed by atoms with E-state index < -0.39 is 0 Å². The molecule has 0 aliphatic carbocycles. The van der Waals surface area contributed by atoms with Crippen molar-refractivity contribution < 1.29 is 4.79 Å². The largest absolute Gasteiger partial charge is 0.340 e. The zero-order chi connectivity index (χ0) is 19.0. The second-order valence-corrected chi connectivity index (χ2v) is 7.23. The Hall–Kier alpha value is -2.77. The Bertz CT molecular complexity index is 974. The summed E-state index contributed by atoms with van der Waals surface area (Å²) < 4.78 is 1.73. The normalized spacial score (nSPS) is 17.7. The first-order valence-corrected chi connectivity index (χ1v) is 9.67. The van der Waals surface area contributed by atoms with Crippen LogP contribution in [0.4, 0.5) is 5.82 Å². The van der Waals surface area contributed by atoms with Gasteiger partial charge in [0.2, 0.25) is 5.91 Å². The molecule has 3 aromatic rings. The number of aromatic amines is 1. The van der Waals surface area contributed by atoms with E-state index in [0.29, 0.717) is 29.3 Å². The molecule has 2 atom stereocenters. The van der Waals surface area contributed by atoms with Crippen molar-refractivity contribution in [3.63, 3.8) is 0 Å². The number of H-pyrrole nitrogens is 1. The Labute approximate surface area is 157 Å². The molecule has 142 valence electrons. The first kappa shape index (κ1) is 17.6. The third kappa shape index (κ3) is 2.98. The van der Waals surface area contributed by atoms with Crippen LogP contribution in [0, 0.1) is 12.8 Å². The number of unbranched alkanes of at least 4 members (excludes halogenated alkanes) is 1. The molecule has 0 radical (unpaired) electrons. The monoisotopic (exact) mass is 367 g/mol. The number of carbonyl (C=O) groups excluding carboxylic acids is 1. The van der Waals surface area contributed by atoms with Crippen LogP contribution in [0.5, 0.6) is 0 Å². The van der Waals surface area contributed by atoms with Crippen molar-refractivity contribution >= 4 is 22.9 Å². The lowest BCUT2D eigenvalue weighted by atomic mass is 9.77. The molecule has 2 N–H and O–H groups in total. The number of fused-ring (bicyclic) bond motifs is 2. The van der Waals surface area contributed by atoms with Crippen LogP contribution in [0.2, 0.25) is 0 Å². The van der Waals surface area contributed by atoms with E-state index in [0.717, 1.165) is 29.9 Å². The molecule has 0 saturated heterocycles. The van der Waals surface area contributed by atoms with Gasteiger partial charge in [-0.3, -0.25) is 4.79 Å². The number of nitrogens with one attached hydrogen (secondary N) is 2. The van der Waals surface area contributed by atoms with E-state index in [9.17, 15) is 4.79 Å². The lowest BCUT2D eigenvalue weighted by molar-refractivity contribution is -0.117. The third-order valence-corrected chi connectivity index (χ3v) is 5.57. The summed E-state index contributed by atoms with van der Waals surface area (Å²) in [4.78, 5) is 28.4. The number of carbonyl (C=O) groups is 1. The second-order valence-electron chi connectivity index (χ2n) is 7.23. The fourth-order valence-electron chi connectivity index (χ4n) is 4.21. The number of hydrogen-bond donors (Lipinski definition) is 2. The van der Waals surface area contributed by atoms with Crippen LogP contribution in [0.1, 0.15) is 63.1 Å². The van der Waals surface area contributed by atoms with Gasteiger partial charge in [-0.25, -0.2) is 15.0 Å². The molecule has 3 aromatic heterocycles. The number of imidazole rings is 1. The first-order valence-electron chi connectivity index (χ1n) is 9.67. The van der Waals surface area contributed by atoms with E-state index in [2.05, 4.69) is 39.1 Å². The summed E-state index contributed by atoms with van der Waals surface area (Å²) in [5.41, 5.74) is 3.37. The summed E-state index contributed by atoms with van der Waals surface area (Å²) in [6, 6.07) is 0. The lowest BCUT2D eigenvalue weighted by Crippen LogP contribution is -2.28. The van der Waals surface area contributed by atoms with E-state index in [-0.39, 0.29) is 11.8 Å². The summed E-state index contributed by atoms with van der Waals surface area (Å²) in [5.74, 6) is 2.04. The van der Waals surface area contributed by atoms with Gasteiger partial charge in [0.15, 0.2) is 11.5 Å². The number of amides is 1. The van der Waals surface area contributed by atoms with Gasteiger partial charge >= 0.3 is 0 Å². The minimum atomic E-state index is 0.0403. The topological polar surface area (TPSA) is 101 Å². The van der Waals surface area contributed by atoms with Gasteiger partial charge in [-0.2, -0.15) is 9.78 Å². The number of rotatable bonds is 6. The van der Waals surface area contributed by atoms with E-state index >= 15 is 0 Å². The first-order chi connectivity index (χ1) is 13.1. The van der Waals surface area contributed by atoms with Crippen LogP contribution < -0.4 is 5.32 Å². The predicted octanol–water partition coefficient (Wildman–Crippen LogP) is 3.49. The minimum absolute atomic E-state index is 0.0403. The standard InChI is InChI=1S/C19H25N7O/c1-4-6-7-12(5-2)13-8-14(27)24-18-15(13)11(3)25-26(18)19-16-17(21-9-20-16)22-10-23-19/h9-10,12-13H,4-8H2,1-3H3,(H,24,27)(H,20,21,22,23)/t12-,13-/m0/s1. The molecule has 1 amide bonds. The van der Waals surface area contributed by atoms with E-state index in [1.807, 2.05) is 6.92 Å². The minimum Gasteiger partial charge on any atom is -0.340 e. The fraction of sp³-hybridized carbons (Fsp3) is 0.526. The van der Waals surface area contributed by atoms with Crippen molar-refractivity contribution in [3.8, 4) is 5.82 Å². The average molecular weight is 367 g/mol. The Morgan fingerprint density at radius 1 is 1.30 bits per heavy atom. The summed E-state index contributed by atoms with van der Waals surface area (Å²) in [6.07, 6.45) is 8.11. The van der Waals surface area contributed by atoms with Gasteiger partial charge in [-0.1, -0.05) is 33.1 Å². The molecule has 0 spiro atoms. The molecular formula is C19H25N7O. The molecule has 4 heterocycles. The van der Waals surface area contributed by atoms with Gasteiger partial charge in [0.05, 0.1) is 12.0 Å². The van der Waals surface area contributed by atoms with Crippen molar-refractivity contribution in [2.24, 2.45) is 5.92 Å². The molecule has 0 saturated carbocycles.